The Hall–Kier alpha value is -2.90. The Balaban J connectivity index is 1.66. The van der Waals surface area contributed by atoms with Crippen LogP contribution in [0.25, 0.3) is 11.3 Å². The molecule has 0 bridgehead atoms. The Bertz CT molecular complexity index is 959. The molecular formula is C22H23N3O3S. The van der Waals surface area contributed by atoms with Crippen molar-refractivity contribution in [3.05, 3.63) is 72.2 Å². The first-order valence-electron chi connectivity index (χ1n) is 9.63. The molecule has 29 heavy (non-hydrogen) atoms. The van der Waals surface area contributed by atoms with Gasteiger partial charge in [-0.1, -0.05) is 6.07 Å². The molecule has 1 saturated heterocycles. The van der Waals surface area contributed by atoms with Gasteiger partial charge in [-0.25, -0.2) is 0 Å². The Morgan fingerprint density at radius 1 is 1.17 bits per heavy atom. The van der Waals surface area contributed by atoms with Crippen molar-refractivity contribution in [2.45, 2.75) is 19.0 Å². The SMILES string of the molecule is CCOc1ccc(-c2ccc([C@@H]3[C@H](c4ccccn4)NC(=S)N3CCO)o2)cc1. The molecule has 1 aliphatic rings. The van der Waals surface area contributed by atoms with Gasteiger partial charge in [0, 0.05) is 18.3 Å². The fourth-order valence-corrected chi connectivity index (χ4v) is 3.94. The number of rotatable bonds is 7. The van der Waals surface area contributed by atoms with E-state index in [9.17, 15) is 5.11 Å². The van der Waals surface area contributed by atoms with Crippen LogP contribution in [0.4, 0.5) is 0 Å². The summed E-state index contributed by atoms with van der Waals surface area (Å²) in [4.78, 5) is 6.44. The first-order chi connectivity index (χ1) is 14.2. The van der Waals surface area contributed by atoms with Gasteiger partial charge >= 0.3 is 0 Å². The molecule has 2 atom stereocenters. The molecule has 0 spiro atoms. The van der Waals surface area contributed by atoms with Crippen LogP contribution < -0.4 is 10.1 Å². The molecule has 1 aliphatic heterocycles. The van der Waals surface area contributed by atoms with Crippen LogP contribution in [-0.2, 0) is 0 Å². The van der Waals surface area contributed by atoms with Crippen LogP contribution in [0.1, 0.15) is 30.5 Å². The van der Waals surface area contributed by atoms with E-state index >= 15 is 0 Å². The van der Waals surface area contributed by atoms with Crippen molar-refractivity contribution in [2.24, 2.45) is 0 Å². The number of aliphatic hydroxyl groups excluding tert-OH is 1. The number of aromatic nitrogens is 1. The fourth-order valence-electron chi connectivity index (χ4n) is 3.61. The van der Waals surface area contributed by atoms with Gasteiger partial charge in [-0.15, -0.1) is 0 Å². The Labute approximate surface area is 175 Å². The minimum Gasteiger partial charge on any atom is -0.494 e. The van der Waals surface area contributed by atoms with Gasteiger partial charge in [0.15, 0.2) is 5.11 Å². The van der Waals surface area contributed by atoms with Crippen molar-refractivity contribution in [3.8, 4) is 17.1 Å². The van der Waals surface area contributed by atoms with Crippen molar-refractivity contribution in [1.29, 1.82) is 0 Å². The highest BCUT2D eigenvalue weighted by atomic mass is 32.1. The third kappa shape index (κ3) is 3.97. The van der Waals surface area contributed by atoms with Crippen LogP contribution in [0.5, 0.6) is 5.75 Å². The summed E-state index contributed by atoms with van der Waals surface area (Å²) in [7, 11) is 0. The molecule has 0 saturated carbocycles. The van der Waals surface area contributed by atoms with E-state index in [0.717, 1.165) is 28.5 Å². The first-order valence-corrected chi connectivity index (χ1v) is 10.0. The zero-order valence-electron chi connectivity index (χ0n) is 16.1. The number of nitrogens with one attached hydrogen (secondary N) is 1. The molecule has 2 N–H and O–H groups in total. The Morgan fingerprint density at radius 3 is 2.69 bits per heavy atom. The molecule has 3 heterocycles. The second kappa shape index (κ2) is 8.63. The fraction of sp³-hybridized carbons (Fsp3) is 0.273. The van der Waals surface area contributed by atoms with Crippen molar-refractivity contribution in [1.82, 2.24) is 15.2 Å². The zero-order valence-corrected chi connectivity index (χ0v) is 16.9. The van der Waals surface area contributed by atoms with Crippen LogP contribution in [0.15, 0.2) is 65.2 Å². The average molecular weight is 410 g/mol. The van der Waals surface area contributed by atoms with Gasteiger partial charge in [-0.05, 0) is 67.7 Å². The van der Waals surface area contributed by atoms with Crippen LogP contribution >= 0.6 is 12.2 Å². The first kappa shape index (κ1) is 19.4. The van der Waals surface area contributed by atoms with Crippen LogP contribution in [-0.4, -0.2) is 39.9 Å². The topological polar surface area (TPSA) is 70.8 Å². The number of thiocarbonyl (C=S) groups is 1. The molecule has 150 valence electrons. The molecular weight excluding hydrogens is 386 g/mol. The predicted octanol–water partition coefficient (Wildman–Crippen LogP) is 3.71. The summed E-state index contributed by atoms with van der Waals surface area (Å²) >= 11 is 5.52. The quantitative estimate of drug-likeness (QED) is 0.577. The summed E-state index contributed by atoms with van der Waals surface area (Å²) in [5.74, 6) is 2.37. The highest BCUT2D eigenvalue weighted by Gasteiger charge is 2.41. The standard InChI is InChI=1S/C22H23N3O3S/c1-2-27-16-8-6-15(7-9-16)18-10-11-19(28-18)21-20(17-5-3-4-12-23-17)24-22(29)25(21)13-14-26/h3-12,20-21,26H,2,13-14H2,1H3,(H,24,29)/t20-,21+/m0/s1. The van der Waals surface area contributed by atoms with Crippen LogP contribution in [0.3, 0.4) is 0 Å². The van der Waals surface area contributed by atoms with Crippen molar-refractivity contribution < 1.29 is 14.3 Å². The molecule has 0 aliphatic carbocycles. The summed E-state index contributed by atoms with van der Waals surface area (Å²) in [6, 6.07) is 17.2. The lowest BCUT2D eigenvalue weighted by molar-refractivity contribution is 0.209. The Kier molecular flexibility index (Phi) is 5.78. The zero-order chi connectivity index (χ0) is 20.2. The lowest BCUT2D eigenvalue weighted by Crippen LogP contribution is -2.32. The van der Waals surface area contributed by atoms with E-state index in [1.165, 1.54) is 0 Å². The third-order valence-corrected chi connectivity index (χ3v) is 5.26. The second-order valence-corrected chi connectivity index (χ2v) is 7.09. The normalized spacial score (nSPS) is 18.7. The largest absolute Gasteiger partial charge is 0.494 e. The molecule has 2 aromatic heterocycles. The maximum Gasteiger partial charge on any atom is 0.170 e. The van der Waals surface area contributed by atoms with E-state index in [1.54, 1.807) is 6.20 Å². The van der Waals surface area contributed by atoms with Gasteiger partial charge in [0.05, 0.1) is 24.9 Å². The highest BCUT2D eigenvalue weighted by molar-refractivity contribution is 7.80. The number of aliphatic hydroxyl groups is 1. The van der Waals surface area contributed by atoms with Gasteiger partial charge in [0.1, 0.15) is 23.3 Å². The monoisotopic (exact) mass is 409 g/mol. The highest BCUT2D eigenvalue weighted by Crippen LogP contribution is 2.40. The molecule has 7 heteroatoms. The summed E-state index contributed by atoms with van der Waals surface area (Å²) in [5, 5.41) is 13.4. The molecule has 0 radical (unpaired) electrons. The summed E-state index contributed by atoms with van der Waals surface area (Å²) < 4.78 is 11.7. The number of furan rings is 1. The van der Waals surface area contributed by atoms with E-state index in [4.69, 9.17) is 21.4 Å². The smallest absolute Gasteiger partial charge is 0.170 e. The molecule has 3 aromatic rings. The second-order valence-electron chi connectivity index (χ2n) is 6.70. The van der Waals surface area contributed by atoms with E-state index < -0.39 is 0 Å². The van der Waals surface area contributed by atoms with Gasteiger partial charge < -0.3 is 24.5 Å². The predicted molar refractivity (Wildman–Crippen MR) is 115 cm³/mol. The van der Waals surface area contributed by atoms with Crippen LogP contribution in [0, 0.1) is 0 Å². The molecule has 4 rings (SSSR count). The van der Waals surface area contributed by atoms with Gasteiger partial charge in [0.2, 0.25) is 0 Å². The molecule has 0 unspecified atom stereocenters. The number of ether oxygens (including phenoxy) is 1. The summed E-state index contributed by atoms with van der Waals surface area (Å²) in [6.07, 6.45) is 1.76. The van der Waals surface area contributed by atoms with E-state index in [0.29, 0.717) is 18.3 Å². The van der Waals surface area contributed by atoms with Gasteiger partial charge in [0.25, 0.3) is 0 Å². The minimum absolute atomic E-state index is 0.000283. The lowest BCUT2D eigenvalue weighted by atomic mass is 10.0. The number of hydrogen-bond donors (Lipinski definition) is 2. The number of β-amino-alcohol motifs (C(OH)–C–C–N with tert-alkyl or cyclic N) is 1. The van der Waals surface area contributed by atoms with E-state index in [-0.39, 0.29) is 18.7 Å². The molecule has 6 nitrogen and oxygen atoms in total. The number of benzene rings is 1. The van der Waals surface area contributed by atoms with Crippen molar-refractivity contribution >= 4 is 17.3 Å². The van der Waals surface area contributed by atoms with Crippen LogP contribution in [0.2, 0.25) is 0 Å². The molecule has 1 fully saturated rings. The van der Waals surface area contributed by atoms with E-state index in [1.807, 2.05) is 66.4 Å². The van der Waals surface area contributed by atoms with Crippen molar-refractivity contribution in [2.75, 3.05) is 19.8 Å². The average Bonchev–Trinajstić information content (AvgIpc) is 3.35. The van der Waals surface area contributed by atoms with E-state index in [2.05, 4.69) is 10.3 Å². The van der Waals surface area contributed by atoms with Crippen molar-refractivity contribution in [3.63, 3.8) is 0 Å². The lowest BCUT2D eigenvalue weighted by Gasteiger charge is -2.25. The third-order valence-electron chi connectivity index (χ3n) is 4.91. The van der Waals surface area contributed by atoms with Gasteiger partial charge in [-0.3, -0.25) is 4.98 Å². The number of nitrogens with zero attached hydrogens (tertiary/aromatic N) is 2. The maximum absolute atomic E-state index is 9.53. The maximum atomic E-state index is 9.53. The minimum atomic E-state index is -0.194. The number of pyridine rings is 1. The van der Waals surface area contributed by atoms with Gasteiger partial charge in [-0.2, -0.15) is 0 Å². The summed E-state index contributed by atoms with van der Waals surface area (Å²) in [6.45, 7) is 3.01. The number of hydrogen-bond acceptors (Lipinski definition) is 5. The summed E-state index contributed by atoms with van der Waals surface area (Å²) in [5.41, 5.74) is 1.84. The Morgan fingerprint density at radius 2 is 2.00 bits per heavy atom. The molecule has 0 amide bonds. The molecule has 1 aromatic carbocycles.